The van der Waals surface area contributed by atoms with Crippen LogP contribution in [0.1, 0.15) is 62.6 Å². The smallest absolute Gasteiger partial charge is 0.223 e. The molecule has 2 aliphatic carbocycles. The standard InChI is InChI=1S/C17H26N4O/c18-16-20-14-13(6-3-9-17(14)7-1-2-8-17)15(21-16)22-11-12-5-4-10-19-12/h12,19H,1-11H2,(H2,18,20,21)/t12-/m1/s1. The van der Waals surface area contributed by atoms with Crippen LogP contribution in [0.25, 0.3) is 0 Å². The second-order valence-electron chi connectivity index (χ2n) is 7.16. The molecule has 1 aromatic heterocycles. The van der Waals surface area contributed by atoms with Gasteiger partial charge in [-0.3, -0.25) is 0 Å². The van der Waals surface area contributed by atoms with Crippen LogP contribution in [0.4, 0.5) is 5.95 Å². The summed E-state index contributed by atoms with van der Waals surface area (Å²) in [6, 6.07) is 0.455. The van der Waals surface area contributed by atoms with Crippen LogP contribution in [-0.4, -0.2) is 29.2 Å². The van der Waals surface area contributed by atoms with Crippen molar-refractivity contribution in [3.05, 3.63) is 11.3 Å². The molecular formula is C17H26N4O. The number of nitrogens with one attached hydrogen (secondary N) is 1. The maximum Gasteiger partial charge on any atom is 0.223 e. The molecule has 0 aromatic carbocycles. The first-order valence-corrected chi connectivity index (χ1v) is 8.80. The van der Waals surface area contributed by atoms with Gasteiger partial charge in [0.2, 0.25) is 11.8 Å². The lowest BCUT2D eigenvalue weighted by atomic mass is 9.72. The summed E-state index contributed by atoms with van der Waals surface area (Å²) in [4.78, 5) is 9.08. The molecule has 0 bridgehead atoms. The van der Waals surface area contributed by atoms with Crippen molar-refractivity contribution in [3.8, 4) is 5.88 Å². The van der Waals surface area contributed by atoms with Crippen molar-refractivity contribution in [2.45, 2.75) is 69.2 Å². The molecule has 1 atom stereocenters. The summed E-state index contributed by atoms with van der Waals surface area (Å²) < 4.78 is 6.08. The highest BCUT2D eigenvalue weighted by molar-refractivity contribution is 5.42. The van der Waals surface area contributed by atoms with Gasteiger partial charge in [0.05, 0.1) is 5.69 Å². The minimum atomic E-state index is 0.258. The average Bonchev–Trinajstić information content (AvgIpc) is 3.18. The lowest BCUT2D eigenvalue weighted by Gasteiger charge is -2.35. The highest BCUT2D eigenvalue weighted by atomic mass is 16.5. The van der Waals surface area contributed by atoms with Gasteiger partial charge in [-0.05, 0) is 51.5 Å². The number of rotatable bonds is 3. The number of hydrogen-bond acceptors (Lipinski definition) is 5. The third-order valence-corrected chi connectivity index (χ3v) is 5.72. The zero-order valence-electron chi connectivity index (χ0n) is 13.2. The van der Waals surface area contributed by atoms with Gasteiger partial charge in [0.15, 0.2) is 0 Å². The van der Waals surface area contributed by atoms with E-state index in [0.717, 1.165) is 18.8 Å². The van der Waals surface area contributed by atoms with Gasteiger partial charge in [-0.15, -0.1) is 0 Å². The number of ether oxygens (including phenoxy) is 1. The summed E-state index contributed by atoms with van der Waals surface area (Å²) in [5.41, 5.74) is 8.70. The van der Waals surface area contributed by atoms with Crippen molar-refractivity contribution >= 4 is 5.95 Å². The normalized spacial score (nSPS) is 26.3. The summed E-state index contributed by atoms with van der Waals surface area (Å²) in [5.74, 6) is 1.13. The van der Waals surface area contributed by atoms with Crippen molar-refractivity contribution in [2.75, 3.05) is 18.9 Å². The molecule has 1 spiro atoms. The van der Waals surface area contributed by atoms with Crippen LogP contribution in [0, 0.1) is 0 Å². The molecule has 3 N–H and O–H groups in total. The number of nitrogens with zero attached hydrogens (tertiary/aromatic N) is 2. The Morgan fingerprint density at radius 1 is 1.14 bits per heavy atom. The number of nitrogen functional groups attached to an aromatic ring is 1. The molecule has 1 saturated carbocycles. The molecule has 0 unspecified atom stereocenters. The molecular weight excluding hydrogens is 276 g/mol. The second kappa shape index (κ2) is 5.69. The predicted molar refractivity (Wildman–Crippen MR) is 86.0 cm³/mol. The van der Waals surface area contributed by atoms with E-state index in [1.807, 2.05) is 0 Å². The fourth-order valence-electron chi connectivity index (χ4n) is 4.60. The number of hydrogen-bond donors (Lipinski definition) is 2. The fraction of sp³-hybridized carbons (Fsp3) is 0.765. The predicted octanol–water partition coefficient (Wildman–Crippen LogP) is 2.34. The Balaban J connectivity index is 1.63. The fourth-order valence-corrected chi connectivity index (χ4v) is 4.60. The van der Waals surface area contributed by atoms with Crippen LogP contribution in [0.5, 0.6) is 5.88 Å². The Morgan fingerprint density at radius 2 is 1.95 bits per heavy atom. The van der Waals surface area contributed by atoms with Crippen LogP contribution in [0.2, 0.25) is 0 Å². The number of nitrogens with two attached hydrogens (primary N) is 1. The van der Waals surface area contributed by atoms with Gasteiger partial charge in [-0.25, -0.2) is 4.98 Å². The van der Waals surface area contributed by atoms with Crippen molar-refractivity contribution in [2.24, 2.45) is 0 Å². The van der Waals surface area contributed by atoms with Crippen LogP contribution in [0.15, 0.2) is 0 Å². The van der Waals surface area contributed by atoms with E-state index in [0.29, 0.717) is 18.6 Å². The maximum absolute atomic E-state index is 6.08. The van der Waals surface area contributed by atoms with E-state index >= 15 is 0 Å². The topological polar surface area (TPSA) is 73.1 Å². The van der Waals surface area contributed by atoms with E-state index in [1.165, 1.54) is 62.6 Å². The van der Waals surface area contributed by atoms with Crippen LogP contribution >= 0.6 is 0 Å². The first-order valence-electron chi connectivity index (χ1n) is 8.80. The molecule has 1 saturated heterocycles. The SMILES string of the molecule is Nc1nc(OC[C@H]2CCCN2)c2c(n1)C1(CCCC1)CCC2. The Labute approximate surface area is 132 Å². The van der Waals surface area contributed by atoms with E-state index in [4.69, 9.17) is 10.5 Å². The molecule has 3 aliphatic rings. The Bertz CT molecular complexity index is 548. The van der Waals surface area contributed by atoms with Gasteiger partial charge < -0.3 is 15.8 Å². The van der Waals surface area contributed by atoms with Crippen molar-refractivity contribution in [3.63, 3.8) is 0 Å². The number of anilines is 1. The molecule has 4 rings (SSSR count). The summed E-state index contributed by atoms with van der Waals surface area (Å²) in [7, 11) is 0. The summed E-state index contributed by atoms with van der Waals surface area (Å²) in [6.07, 6.45) is 11.0. The Morgan fingerprint density at radius 3 is 2.73 bits per heavy atom. The van der Waals surface area contributed by atoms with E-state index in [2.05, 4.69) is 15.3 Å². The zero-order valence-corrected chi connectivity index (χ0v) is 13.2. The monoisotopic (exact) mass is 302 g/mol. The van der Waals surface area contributed by atoms with Gasteiger partial charge in [-0.2, -0.15) is 4.98 Å². The second-order valence-corrected chi connectivity index (χ2v) is 7.16. The highest BCUT2D eigenvalue weighted by Crippen LogP contribution is 2.49. The van der Waals surface area contributed by atoms with E-state index in [-0.39, 0.29) is 5.41 Å². The van der Waals surface area contributed by atoms with Gasteiger partial charge >= 0.3 is 0 Å². The molecule has 2 fully saturated rings. The number of fused-ring (bicyclic) bond motifs is 2. The summed E-state index contributed by atoms with van der Waals surface area (Å²) in [5, 5.41) is 3.47. The Hall–Kier alpha value is -1.36. The zero-order chi connectivity index (χ0) is 15.0. The van der Waals surface area contributed by atoms with Gasteiger partial charge in [0.1, 0.15) is 6.61 Å². The molecule has 120 valence electrons. The molecule has 1 aromatic rings. The lowest BCUT2D eigenvalue weighted by Crippen LogP contribution is -2.32. The first-order chi connectivity index (χ1) is 10.8. The van der Waals surface area contributed by atoms with Crippen molar-refractivity contribution in [1.29, 1.82) is 0 Å². The molecule has 5 heteroatoms. The quantitative estimate of drug-likeness (QED) is 0.896. The third-order valence-electron chi connectivity index (χ3n) is 5.72. The molecule has 1 aliphatic heterocycles. The van der Waals surface area contributed by atoms with Crippen LogP contribution in [0.3, 0.4) is 0 Å². The van der Waals surface area contributed by atoms with Gasteiger partial charge in [0, 0.05) is 17.0 Å². The van der Waals surface area contributed by atoms with Crippen molar-refractivity contribution in [1.82, 2.24) is 15.3 Å². The summed E-state index contributed by atoms with van der Waals surface area (Å²) >= 11 is 0. The van der Waals surface area contributed by atoms with Crippen molar-refractivity contribution < 1.29 is 4.74 Å². The third kappa shape index (κ3) is 2.45. The number of aromatic nitrogens is 2. The van der Waals surface area contributed by atoms with Gasteiger partial charge in [-0.1, -0.05) is 12.8 Å². The Kier molecular flexibility index (Phi) is 3.68. The van der Waals surface area contributed by atoms with Gasteiger partial charge in [0.25, 0.3) is 0 Å². The minimum Gasteiger partial charge on any atom is -0.476 e. The van der Waals surface area contributed by atoms with E-state index in [9.17, 15) is 0 Å². The molecule has 2 heterocycles. The average molecular weight is 302 g/mol. The molecule has 0 radical (unpaired) electrons. The molecule has 0 amide bonds. The minimum absolute atomic E-state index is 0.258. The molecule has 22 heavy (non-hydrogen) atoms. The maximum atomic E-state index is 6.08. The van der Waals surface area contributed by atoms with E-state index < -0.39 is 0 Å². The largest absolute Gasteiger partial charge is 0.476 e. The van der Waals surface area contributed by atoms with E-state index in [1.54, 1.807) is 0 Å². The summed E-state index contributed by atoms with van der Waals surface area (Å²) in [6.45, 7) is 1.79. The van der Waals surface area contributed by atoms with Crippen LogP contribution in [-0.2, 0) is 11.8 Å². The van der Waals surface area contributed by atoms with Crippen LogP contribution < -0.4 is 15.8 Å². The highest BCUT2D eigenvalue weighted by Gasteiger charge is 2.42. The lowest BCUT2D eigenvalue weighted by molar-refractivity contribution is 0.258. The molecule has 5 nitrogen and oxygen atoms in total. The first kappa shape index (κ1) is 14.2.